The number of nitrogens with one attached hydrogen (secondary N) is 1. The van der Waals surface area contributed by atoms with E-state index in [1.165, 1.54) is 17.8 Å². The largest absolute Gasteiger partial charge is 0.308 e. The van der Waals surface area contributed by atoms with Crippen LogP contribution < -0.4 is 11.3 Å². The third kappa shape index (κ3) is 3.65. The molecule has 100 valence electrons. The molecule has 0 amide bonds. The molecule has 2 rings (SSSR count). The van der Waals surface area contributed by atoms with E-state index in [1.807, 2.05) is 13.0 Å². The standard InChI is InChI=1S/C13H15FN4S/c1-2-9-7-12(18-15)17-13(16-9)8-19-11-6-4-3-5-10(11)14/h3-7H,2,8,15H2,1H3,(H,16,17,18). The number of nitrogens with zero attached hydrogens (tertiary/aromatic N) is 2. The first-order chi connectivity index (χ1) is 9.22. The minimum absolute atomic E-state index is 0.226. The Kier molecular flexibility index (Phi) is 4.70. The van der Waals surface area contributed by atoms with Crippen LogP contribution in [0.5, 0.6) is 0 Å². The van der Waals surface area contributed by atoms with Crippen LogP contribution in [0.4, 0.5) is 10.2 Å². The number of nitrogens with two attached hydrogens (primary N) is 1. The van der Waals surface area contributed by atoms with Crippen LogP contribution in [0.25, 0.3) is 0 Å². The zero-order valence-corrected chi connectivity index (χ0v) is 11.4. The number of anilines is 1. The van der Waals surface area contributed by atoms with Gasteiger partial charge in [0.25, 0.3) is 0 Å². The highest BCUT2D eigenvalue weighted by molar-refractivity contribution is 7.98. The van der Waals surface area contributed by atoms with Gasteiger partial charge in [0.1, 0.15) is 17.5 Å². The van der Waals surface area contributed by atoms with E-state index < -0.39 is 0 Å². The van der Waals surface area contributed by atoms with E-state index in [0.717, 1.165) is 12.1 Å². The topological polar surface area (TPSA) is 63.8 Å². The summed E-state index contributed by atoms with van der Waals surface area (Å²) in [7, 11) is 0. The fraction of sp³-hybridized carbons (Fsp3) is 0.231. The Morgan fingerprint density at radius 1 is 1.32 bits per heavy atom. The van der Waals surface area contributed by atoms with Crippen LogP contribution in [0.1, 0.15) is 18.4 Å². The van der Waals surface area contributed by atoms with Crippen molar-refractivity contribution >= 4 is 17.6 Å². The van der Waals surface area contributed by atoms with Crippen molar-refractivity contribution in [3.05, 3.63) is 47.7 Å². The molecule has 0 aliphatic rings. The molecule has 1 aromatic carbocycles. The summed E-state index contributed by atoms with van der Waals surface area (Å²) in [5.74, 6) is 6.86. The third-order valence-electron chi connectivity index (χ3n) is 2.53. The Morgan fingerprint density at radius 3 is 2.79 bits per heavy atom. The number of aryl methyl sites for hydroxylation is 1. The minimum atomic E-state index is -0.226. The Morgan fingerprint density at radius 2 is 2.11 bits per heavy atom. The summed E-state index contributed by atoms with van der Waals surface area (Å²) in [6.45, 7) is 2.01. The quantitative estimate of drug-likeness (QED) is 0.500. The number of hydrogen-bond acceptors (Lipinski definition) is 5. The lowest BCUT2D eigenvalue weighted by Gasteiger charge is -2.06. The van der Waals surface area contributed by atoms with Crippen molar-refractivity contribution in [3.8, 4) is 0 Å². The molecule has 3 N–H and O–H groups in total. The second-order valence-electron chi connectivity index (χ2n) is 3.88. The van der Waals surface area contributed by atoms with Gasteiger partial charge in [-0.25, -0.2) is 20.2 Å². The number of hydrogen-bond donors (Lipinski definition) is 2. The summed E-state index contributed by atoms with van der Waals surface area (Å²) < 4.78 is 13.5. The molecule has 0 aliphatic heterocycles. The van der Waals surface area contributed by atoms with E-state index in [4.69, 9.17) is 5.84 Å². The highest BCUT2D eigenvalue weighted by Crippen LogP contribution is 2.24. The average molecular weight is 278 g/mol. The van der Waals surface area contributed by atoms with Crippen molar-refractivity contribution in [2.45, 2.75) is 24.0 Å². The molecule has 0 saturated heterocycles. The minimum Gasteiger partial charge on any atom is -0.308 e. The van der Waals surface area contributed by atoms with Gasteiger partial charge in [-0.15, -0.1) is 11.8 Å². The predicted molar refractivity (Wildman–Crippen MR) is 75.2 cm³/mol. The van der Waals surface area contributed by atoms with Crippen LogP contribution in [-0.4, -0.2) is 9.97 Å². The highest BCUT2D eigenvalue weighted by atomic mass is 32.2. The van der Waals surface area contributed by atoms with Gasteiger partial charge in [0.05, 0.1) is 5.75 Å². The lowest BCUT2D eigenvalue weighted by atomic mass is 10.3. The van der Waals surface area contributed by atoms with Gasteiger partial charge in [-0.1, -0.05) is 19.1 Å². The van der Waals surface area contributed by atoms with Gasteiger partial charge < -0.3 is 5.43 Å². The summed E-state index contributed by atoms with van der Waals surface area (Å²) in [5.41, 5.74) is 3.43. The highest BCUT2D eigenvalue weighted by Gasteiger charge is 2.06. The summed E-state index contributed by atoms with van der Waals surface area (Å²) in [6, 6.07) is 8.47. The number of thioether (sulfide) groups is 1. The maximum Gasteiger partial charge on any atom is 0.143 e. The second kappa shape index (κ2) is 6.49. The molecule has 6 heteroatoms. The van der Waals surface area contributed by atoms with E-state index in [9.17, 15) is 4.39 Å². The molecule has 0 fully saturated rings. The predicted octanol–water partition coefficient (Wildman–Crippen LogP) is 2.76. The Labute approximate surface area is 115 Å². The number of hydrazine groups is 1. The molecule has 0 radical (unpaired) electrons. The second-order valence-corrected chi connectivity index (χ2v) is 4.89. The van der Waals surface area contributed by atoms with Crippen molar-refractivity contribution in [2.75, 3.05) is 5.43 Å². The molecule has 0 saturated carbocycles. The molecule has 0 atom stereocenters. The molecule has 0 spiro atoms. The van der Waals surface area contributed by atoms with Crippen LogP contribution in [0.2, 0.25) is 0 Å². The summed E-state index contributed by atoms with van der Waals surface area (Å²) in [6.07, 6.45) is 0.800. The molecule has 0 unspecified atom stereocenters. The third-order valence-corrected chi connectivity index (χ3v) is 3.57. The van der Waals surface area contributed by atoms with Crippen molar-refractivity contribution in [3.63, 3.8) is 0 Å². The first-order valence-electron chi connectivity index (χ1n) is 5.93. The van der Waals surface area contributed by atoms with Gasteiger partial charge in [0.2, 0.25) is 0 Å². The normalized spacial score (nSPS) is 10.5. The number of aromatic nitrogens is 2. The lowest BCUT2D eigenvalue weighted by Crippen LogP contribution is -2.11. The number of nitrogen functional groups attached to an aromatic ring is 1. The van der Waals surface area contributed by atoms with Gasteiger partial charge in [0, 0.05) is 16.7 Å². The van der Waals surface area contributed by atoms with Crippen molar-refractivity contribution in [1.82, 2.24) is 9.97 Å². The molecule has 19 heavy (non-hydrogen) atoms. The fourth-order valence-corrected chi connectivity index (χ4v) is 2.37. The van der Waals surface area contributed by atoms with Crippen molar-refractivity contribution < 1.29 is 4.39 Å². The van der Waals surface area contributed by atoms with Gasteiger partial charge in [-0.2, -0.15) is 0 Å². The zero-order chi connectivity index (χ0) is 13.7. The Hall–Kier alpha value is -1.66. The van der Waals surface area contributed by atoms with Gasteiger partial charge in [-0.05, 0) is 18.6 Å². The summed E-state index contributed by atoms with van der Waals surface area (Å²) >= 11 is 1.37. The first kappa shape index (κ1) is 13.8. The SMILES string of the molecule is CCc1cc(NN)nc(CSc2ccccc2F)n1. The number of rotatable bonds is 5. The van der Waals surface area contributed by atoms with Gasteiger partial charge in [0.15, 0.2) is 0 Å². The maximum absolute atomic E-state index is 13.5. The van der Waals surface area contributed by atoms with E-state index in [1.54, 1.807) is 18.2 Å². The maximum atomic E-state index is 13.5. The zero-order valence-electron chi connectivity index (χ0n) is 10.6. The van der Waals surface area contributed by atoms with Crippen LogP contribution in [0.3, 0.4) is 0 Å². The molecule has 1 heterocycles. The number of halogens is 1. The monoisotopic (exact) mass is 278 g/mol. The molecular weight excluding hydrogens is 263 g/mol. The fourth-order valence-electron chi connectivity index (χ4n) is 1.58. The Bertz CT molecular complexity index is 540. The molecule has 0 aliphatic carbocycles. The molecular formula is C13H15FN4S. The smallest absolute Gasteiger partial charge is 0.143 e. The van der Waals surface area contributed by atoms with Crippen molar-refractivity contribution in [2.24, 2.45) is 5.84 Å². The molecule has 4 nitrogen and oxygen atoms in total. The van der Waals surface area contributed by atoms with Crippen LogP contribution in [-0.2, 0) is 12.2 Å². The summed E-state index contributed by atoms with van der Waals surface area (Å²) in [5, 5.41) is 0. The van der Waals surface area contributed by atoms with E-state index >= 15 is 0 Å². The van der Waals surface area contributed by atoms with Gasteiger partial charge >= 0.3 is 0 Å². The summed E-state index contributed by atoms with van der Waals surface area (Å²) in [4.78, 5) is 9.24. The number of benzene rings is 1. The first-order valence-corrected chi connectivity index (χ1v) is 6.92. The van der Waals surface area contributed by atoms with E-state index in [-0.39, 0.29) is 5.82 Å². The molecule has 1 aromatic heterocycles. The van der Waals surface area contributed by atoms with E-state index in [0.29, 0.717) is 22.3 Å². The van der Waals surface area contributed by atoms with Crippen molar-refractivity contribution in [1.29, 1.82) is 0 Å². The van der Waals surface area contributed by atoms with Crippen LogP contribution in [0, 0.1) is 5.82 Å². The lowest BCUT2D eigenvalue weighted by molar-refractivity contribution is 0.602. The molecule has 2 aromatic rings. The average Bonchev–Trinajstić information content (AvgIpc) is 2.46. The Balaban J connectivity index is 2.13. The van der Waals surface area contributed by atoms with E-state index in [2.05, 4.69) is 15.4 Å². The van der Waals surface area contributed by atoms with Crippen LogP contribution in [0.15, 0.2) is 35.2 Å². The van der Waals surface area contributed by atoms with Gasteiger partial charge in [-0.3, -0.25) is 0 Å². The van der Waals surface area contributed by atoms with Crippen LogP contribution >= 0.6 is 11.8 Å². The molecule has 0 bridgehead atoms.